The van der Waals surface area contributed by atoms with Gasteiger partial charge in [0.1, 0.15) is 12.1 Å². The van der Waals surface area contributed by atoms with Crippen LogP contribution in [0.4, 0.5) is 5.82 Å². The average Bonchev–Trinajstić information content (AvgIpc) is 2.93. The Morgan fingerprint density at radius 2 is 2.00 bits per heavy atom. The van der Waals surface area contributed by atoms with Gasteiger partial charge in [-0.3, -0.25) is 0 Å². The summed E-state index contributed by atoms with van der Waals surface area (Å²) in [5.41, 5.74) is 1.69. The van der Waals surface area contributed by atoms with E-state index < -0.39 is 0 Å². The van der Waals surface area contributed by atoms with Crippen LogP contribution in [0.2, 0.25) is 0 Å². The summed E-state index contributed by atoms with van der Waals surface area (Å²) in [5.74, 6) is 0.733. The smallest absolute Gasteiger partial charge is 0.168 e. The number of hydrogen-bond acceptors (Lipinski definition) is 5. The summed E-state index contributed by atoms with van der Waals surface area (Å²) >= 11 is 3.42. The van der Waals surface area contributed by atoms with Gasteiger partial charge >= 0.3 is 0 Å². The lowest BCUT2D eigenvalue weighted by Gasteiger charge is -2.06. The third-order valence-electron chi connectivity index (χ3n) is 3.06. The molecule has 6 nitrogen and oxygen atoms in total. The minimum absolute atomic E-state index is 0.152. The number of nitrogens with zero attached hydrogens (tertiary/aromatic N) is 4. The number of aromatic nitrogens is 4. The highest BCUT2D eigenvalue weighted by Gasteiger charge is 2.10. The number of aliphatic hydroxyl groups is 1. The van der Waals surface area contributed by atoms with Gasteiger partial charge < -0.3 is 10.4 Å². The molecule has 2 aromatic heterocycles. The second-order valence-electron chi connectivity index (χ2n) is 4.50. The summed E-state index contributed by atoms with van der Waals surface area (Å²) < 4.78 is 2.80. The van der Waals surface area contributed by atoms with Crippen molar-refractivity contribution in [2.75, 3.05) is 18.5 Å². The van der Waals surface area contributed by atoms with E-state index in [1.807, 2.05) is 24.3 Å². The van der Waals surface area contributed by atoms with E-state index in [-0.39, 0.29) is 6.61 Å². The van der Waals surface area contributed by atoms with Gasteiger partial charge in [0.15, 0.2) is 5.65 Å². The van der Waals surface area contributed by atoms with Crippen molar-refractivity contribution in [3.63, 3.8) is 0 Å². The van der Waals surface area contributed by atoms with Crippen LogP contribution in [-0.4, -0.2) is 38.0 Å². The molecule has 0 unspecified atom stereocenters. The first kappa shape index (κ1) is 14.0. The van der Waals surface area contributed by atoms with Crippen molar-refractivity contribution in [1.82, 2.24) is 19.7 Å². The second kappa shape index (κ2) is 6.19. The minimum Gasteiger partial charge on any atom is -0.396 e. The van der Waals surface area contributed by atoms with Gasteiger partial charge in [0.05, 0.1) is 17.3 Å². The molecular formula is C14H14BrN5O. The van der Waals surface area contributed by atoms with Gasteiger partial charge in [-0.2, -0.15) is 5.10 Å². The zero-order valence-electron chi connectivity index (χ0n) is 11.2. The Kier molecular flexibility index (Phi) is 4.12. The SMILES string of the molecule is OCCCNc1ncnc2c1cnn2-c1ccc(Br)cc1. The third-order valence-corrected chi connectivity index (χ3v) is 3.59. The number of halogens is 1. The maximum atomic E-state index is 8.84. The predicted octanol–water partition coefficient (Wildman–Crippen LogP) is 2.37. The first-order chi connectivity index (χ1) is 10.3. The normalized spacial score (nSPS) is 11.0. The molecule has 0 atom stereocenters. The van der Waals surface area contributed by atoms with Gasteiger partial charge in [-0.1, -0.05) is 15.9 Å². The lowest BCUT2D eigenvalue weighted by molar-refractivity contribution is 0.292. The van der Waals surface area contributed by atoms with Gasteiger partial charge in [0.25, 0.3) is 0 Å². The molecule has 0 aliphatic carbocycles. The Morgan fingerprint density at radius 1 is 1.19 bits per heavy atom. The zero-order chi connectivity index (χ0) is 14.7. The fraction of sp³-hybridized carbons (Fsp3) is 0.214. The molecular weight excluding hydrogens is 334 g/mol. The predicted molar refractivity (Wildman–Crippen MR) is 84.6 cm³/mol. The number of anilines is 1. The quantitative estimate of drug-likeness (QED) is 0.693. The molecule has 1 aromatic carbocycles. The van der Waals surface area contributed by atoms with E-state index in [4.69, 9.17) is 5.11 Å². The molecule has 108 valence electrons. The summed E-state index contributed by atoms with van der Waals surface area (Å²) in [6.07, 6.45) is 3.94. The Labute approximate surface area is 130 Å². The second-order valence-corrected chi connectivity index (χ2v) is 5.41. The van der Waals surface area contributed by atoms with Crippen molar-refractivity contribution >= 4 is 32.8 Å². The van der Waals surface area contributed by atoms with Crippen molar-refractivity contribution in [1.29, 1.82) is 0 Å². The molecule has 21 heavy (non-hydrogen) atoms. The van der Waals surface area contributed by atoms with Crippen molar-refractivity contribution in [3.8, 4) is 5.69 Å². The van der Waals surface area contributed by atoms with Crippen molar-refractivity contribution in [3.05, 3.63) is 41.3 Å². The largest absolute Gasteiger partial charge is 0.396 e. The number of benzene rings is 1. The molecule has 3 aromatic rings. The molecule has 0 amide bonds. The van der Waals surface area contributed by atoms with Crippen LogP contribution < -0.4 is 5.32 Å². The number of fused-ring (bicyclic) bond motifs is 1. The molecule has 0 radical (unpaired) electrons. The molecule has 0 bridgehead atoms. The van der Waals surface area contributed by atoms with Crippen LogP contribution >= 0.6 is 15.9 Å². The third kappa shape index (κ3) is 2.88. The van der Waals surface area contributed by atoms with Crippen LogP contribution in [0.25, 0.3) is 16.7 Å². The summed E-state index contributed by atoms with van der Waals surface area (Å²) in [6.45, 7) is 0.811. The Morgan fingerprint density at radius 3 is 2.76 bits per heavy atom. The lowest BCUT2D eigenvalue weighted by atomic mass is 10.3. The van der Waals surface area contributed by atoms with Gasteiger partial charge in [0.2, 0.25) is 0 Å². The van der Waals surface area contributed by atoms with Gasteiger partial charge in [0, 0.05) is 17.6 Å². The summed E-state index contributed by atoms with van der Waals surface area (Å²) in [4.78, 5) is 8.55. The Balaban J connectivity index is 1.98. The highest BCUT2D eigenvalue weighted by Crippen LogP contribution is 2.22. The highest BCUT2D eigenvalue weighted by atomic mass is 79.9. The molecule has 3 rings (SSSR count). The van der Waals surface area contributed by atoms with Crippen molar-refractivity contribution in [2.24, 2.45) is 0 Å². The number of aliphatic hydroxyl groups excluding tert-OH is 1. The van der Waals surface area contributed by atoms with E-state index in [9.17, 15) is 0 Å². The first-order valence-electron chi connectivity index (χ1n) is 6.59. The van der Waals surface area contributed by atoms with Gasteiger partial charge in [-0.15, -0.1) is 0 Å². The first-order valence-corrected chi connectivity index (χ1v) is 7.38. The van der Waals surface area contributed by atoms with Gasteiger partial charge in [-0.05, 0) is 30.7 Å². The molecule has 0 fully saturated rings. The fourth-order valence-corrected chi connectivity index (χ4v) is 2.31. The molecule has 2 heterocycles. The summed E-state index contributed by atoms with van der Waals surface area (Å²) in [5, 5.41) is 17.3. The maximum absolute atomic E-state index is 8.84. The van der Waals surface area contributed by atoms with E-state index in [0.29, 0.717) is 13.0 Å². The monoisotopic (exact) mass is 347 g/mol. The molecule has 0 spiro atoms. The zero-order valence-corrected chi connectivity index (χ0v) is 12.8. The van der Waals surface area contributed by atoms with Crippen LogP contribution in [-0.2, 0) is 0 Å². The van der Waals surface area contributed by atoms with Gasteiger partial charge in [-0.25, -0.2) is 14.6 Å². The van der Waals surface area contributed by atoms with Crippen LogP contribution in [0.1, 0.15) is 6.42 Å². The van der Waals surface area contributed by atoms with E-state index in [1.165, 1.54) is 6.33 Å². The van der Waals surface area contributed by atoms with Crippen LogP contribution in [0, 0.1) is 0 Å². The summed E-state index contributed by atoms with van der Waals surface area (Å²) in [7, 11) is 0. The van der Waals surface area contributed by atoms with E-state index in [0.717, 1.165) is 27.0 Å². The molecule has 2 N–H and O–H groups in total. The van der Waals surface area contributed by atoms with Crippen LogP contribution in [0.3, 0.4) is 0 Å². The minimum atomic E-state index is 0.152. The highest BCUT2D eigenvalue weighted by molar-refractivity contribution is 9.10. The number of rotatable bonds is 5. The lowest BCUT2D eigenvalue weighted by Crippen LogP contribution is -2.06. The summed E-state index contributed by atoms with van der Waals surface area (Å²) in [6, 6.07) is 7.86. The number of nitrogens with one attached hydrogen (secondary N) is 1. The Bertz CT molecular complexity index is 741. The molecule has 0 saturated carbocycles. The van der Waals surface area contributed by atoms with E-state index in [1.54, 1.807) is 10.9 Å². The molecule has 0 aliphatic rings. The molecule has 7 heteroatoms. The maximum Gasteiger partial charge on any atom is 0.168 e. The topological polar surface area (TPSA) is 75.9 Å². The Hall–Kier alpha value is -1.99. The van der Waals surface area contributed by atoms with Crippen molar-refractivity contribution in [2.45, 2.75) is 6.42 Å². The fourth-order valence-electron chi connectivity index (χ4n) is 2.04. The molecule has 0 saturated heterocycles. The van der Waals surface area contributed by atoms with E-state index in [2.05, 4.69) is 36.3 Å². The molecule has 0 aliphatic heterocycles. The van der Waals surface area contributed by atoms with Crippen molar-refractivity contribution < 1.29 is 5.11 Å². The van der Waals surface area contributed by atoms with E-state index >= 15 is 0 Å². The van der Waals surface area contributed by atoms with Crippen LogP contribution in [0.15, 0.2) is 41.3 Å². The van der Waals surface area contributed by atoms with Crippen LogP contribution in [0.5, 0.6) is 0 Å². The number of hydrogen-bond donors (Lipinski definition) is 2. The standard InChI is InChI=1S/C14H14BrN5O/c15-10-2-4-11(5-3-10)20-14-12(8-19-20)13(17-9-18-14)16-6-1-7-21/h2-5,8-9,21H,1,6-7H2,(H,16,17,18). The average molecular weight is 348 g/mol.